The Kier molecular flexibility index (Phi) is 6.63. The van der Waals surface area contributed by atoms with Crippen LogP contribution in [0, 0.1) is 5.92 Å². The maximum absolute atomic E-state index is 3.83. The van der Waals surface area contributed by atoms with Crippen LogP contribution in [0.15, 0.2) is 24.3 Å². The minimum absolute atomic E-state index is 0.467. The lowest BCUT2D eigenvalue weighted by Crippen LogP contribution is -2.35. The first-order valence-corrected chi connectivity index (χ1v) is 9.75. The third kappa shape index (κ3) is 5.34. The average Bonchev–Trinajstić information content (AvgIpc) is 2.48. The molecule has 0 heterocycles. The van der Waals surface area contributed by atoms with E-state index in [1.165, 1.54) is 43.2 Å². The summed E-state index contributed by atoms with van der Waals surface area (Å²) in [5, 5.41) is 4.73. The highest BCUT2D eigenvalue weighted by Gasteiger charge is 2.21. The Labute approximate surface area is 135 Å². The van der Waals surface area contributed by atoms with Crippen LogP contribution in [0.3, 0.4) is 0 Å². The van der Waals surface area contributed by atoms with Crippen LogP contribution in [0.25, 0.3) is 0 Å². The Morgan fingerprint density at radius 3 is 2.19 bits per heavy atom. The van der Waals surface area contributed by atoms with Gasteiger partial charge in [0.15, 0.2) is 0 Å². The molecule has 0 bridgehead atoms. The number of thioether (sulfide) groups is 1. The fourth-order valence-electron chi connectivity index (χ4n) is 3.33. The molecular formula is C19H31NS. The summed E-state index contributed by atoms with van der Waals surface area (Å²) in [6.45, 7) is 6.87. The second kappa shape index (κ2) is 8.24. The van der Waals surface area contributed by atoms with Crippen molar-refractivity contribution in [1.29, 1.82) is 0 Å². The van der Waals surface area contributed by atoms with Crippen LogP contribution in [0.4, 0.5) is 0 Å². The summed E-state index contributed by atoms with van der Waals surface area (Å²) in [4.78, 5) is 0. The molecule has 1 aliphatic carbocycles. The zero-order valence-corrected chi connectivity index (χ0v) is 14.9. The van der Waals surface area contributed by atoms with Gasteiger partial charge in [0.05, 0.1) is 0 Å². The molecule has 118 valence electrons. The van der Waals surface area contributed by atoms with Gasteiger partial charge in [-0.2, -0.15) is 11.8 Å². The van der Waals surface area contributed by atoms with Gasteiger partial charge in [-0.25, -0.2) is 0 Å². The Bertz CT molecular complexity index is 404. The standard InChI is InChI=1S/C19H31NS/c1-14(2)13-16-5-7-17(8-6-16)15(3)20-18-9-11-19(21-4)12-10-18/h5-8,14-15,18-20H,9-13H2,1-4H3. The van der Waals surface area contributed by atoms with E-state index >= 15 is 0 Å². The number of hydrogen-bond donors (Lipinski definition) is 1. The van der Waals surface area contributed by atoms with Crippen LogP contribution in [0.2, 0.25) is 0 Å². The van der Waals surface area contributed by atoms with Crippen molar-refractivity contribution in [1.82, 2.24) is 5.32 Å². The van der Waals surface area contributed by atoms with Gasteiger partial charge in [-0.1, -0.05) is 38.1 Å². The van der Waals surface area contributed by atoms with Crippen LogP contribution in [0.1, 0.15) is 63.6 Å². The minimum Gasteiger partial charge on any atom is -0.307 e. The molecule has 0 radical (unpaired) electrons. The van der Waals surface area contributed by atoms with E-state index < -0.39 is 0 Å². The van der Waals surface area contributed by atoms with Gasteiger partial charge in [0, 0.05) is 17.3 Å². The van der Waals surface area contributed by atoms with Gasteiger partial charge in [-0.3, -0.25) is 0 Å². The Hall–Kier alpha value is -0.470. The minimum atomic E-state index is 0.467. The third-order valence-corrected chi connectivity index (χ3v) is 5.75. The summed E-state index contributed by atoms with van der Waals surface area (Å²) in [6, 6.07) is 10.4. The molecule has 1 nitrogen and oxygen atoms in total. The topological polar surface area (TPSA) is 12.0 Å². The van der Waals surface area contributed by atoms with Crippen molar-refractivity contribution in [3.63, 3.8) is 0 Å². The normalized spacial score (nSPS) is 24.2. The molecule has 0 saturated heterocycles. The first kappa shape index (κ1) is 16.9. The SMILES string of the molecule is CSC1CCC(NC(C)c2ccc(CC(C)C)cc2)CC1. The van der Waals surface area contributed by atoms with Gasteiger partial charge in [0.25, 0.3) is 0 Å². The molecular weight excluding hydrogens is 274 g/mol. The van der Waals surface area contributed by atoms with Crippen LogP contribution in [-0.4, -0.2) is 17.5 Å². The number of nitrogens with one attached hydrogen (secondary N) is 1. The molecule has 21 heavy (non-hydrogen) atoms. The lowest BCUT2D eigenvalue weighted by atomic mass is 9.93. The van der Waals surface area contributed by atoms with E-state index in [9.17, 15) is 0 Å². The Morgan fingerprint density at radius 2 is 1.67 bits per heavy atom. The lowest BCUT2D eigenvalue weighted by Gasteiger charge is -2.30. The highest BCUT2D eigenvalue weighted by atomic mass is 32.2. The maximum atomic E-state index is 3.83. The highest BCUT2D eigenvalue weighted by molar-refractivity contribution is 7.99. The van der Waals surface area contributed by atoms with E-state index in [0.717, 1.165) is 11.2 Å². The lowest BCUT2D eigenvalue weighted by molar-refractivity contribution is 0.352. The van der Waals surface area contributed by atoms with E-state index in [-0.39, 0.29) is 0 Å². The van der Waals surface area contributed by atoms with Crippen molar-refractivity contribution in [3.8, 4) is 0 Å². The van der Waals surface area contributed by atoms with Crippen molar-refractivity contribution in [2.24, 2.45) is 5.92 Å². The van der Waals surface area contributed by atoms with Gasteiger partial charge < -0.3 is 5.32 Å². The summed E-state index contributed by atoms with van der Waals surface area (Å²) in [7, 11) is 0. The van der Waals surface area contributed by atoms with E-state index in [0.29, 0.717) is 12.1 Å². The molecule has 2 rings (SSSR count). The predicted molar refractivity (Wildman–Crippen MR) is 96.1 cm³/mol. The molecule has 0 aromatic heterocycles. The largest absolute Gasteiger partial charge is 0.307 e. The van der Waals surface area contributed by atoms with Crippen LogP contribution >= 0.6 is 11.8 Å². The predicted octanol–water partition coefficient (Wildman–Crippen LogP) is 5.21. The zero-order chi connectivity index (χ0) is 15.2. The van der Waals surface area contributed by atoms with Crippen LogP contribution in [0.5, 0.6) is 0 Å². The molecule has 1 N–H and O–H groups in total. The molecule has 1 unspecified atom stereocenters. The first-order valence-electron chi connectivity index (χ1n) is 8.46. The summed E-state index contributed by atoms with van der Waals surface area (Å²) in [5.74, 6) is 0.734. The summed E-state index contributed by atoms with van der Waals surface area (Å²) >= 11 is 2.04. The molecule has 0 amide bonds. The van der Waals surface area contributed by atoms with E-state index in [1.54, 1.807) is 0 Å². The smallest absolute Gasteiger partial charge is 0.0294 e. The van der Waals surface area contributed by atoms with E-state index in [2.05, 4.69) is 56.6 Å². The molecule has 1 aromatic carbocycles. The first-order chi connectivity index (χ1) is 10.1. The van der Waals surface area contributed by atoms with Gasteiger partial charge in [-0.05, 0) is 62.3 Å². The number of benzene rings is 1. The molecule has 2 heteroatoms. The van der Waals surface area contributed by atoms with Gasteiger partial charge in [-0.15, -0.1) is 0 Å². The van der Waals surface area contributed by atoms with Crippen LogP contribution in [-0.2, 0) is 6.42 Å². The van der Waals surface area contributed by atoms with Crippen molar-refractivity contribution in [2.75, 3.05) is 6.26 Å². The van der Waals surface area contributed by atoms with Gasteiger partial charge >= 0.3 is 0 Å². The number of hydrogen-bond acceptors (Lipinski definition) is 2. The second-order valence-corrected chi connectivity index (χ2v) is 8.08. The van der Waals surface area contributed by atoms with Crippen molar-refractivity contribution in [2.45, 2.75) is 70.2 Å². The molecule has 0 aliphatic heterocycles. The Balaban J connectivity index is 1.84. The van der Waals surface area contributed by atoms with Crippen molar-refractivity contribution < 1.29 is 0 Å². The highest BCUT2D eigenvalue weighted by Crippen LogP contribution is 2.28. The zero-order valence-electron chi connectivity index (χ0n) is 14.1. The molecule has 1 aromatic rings. The molecule has 0 spiro atoms. The summed E-state index contributed by atoms with van der Waals surface area (Å²) in [5.41, 5.74) is 2.89. The molecule has 1 saturated carbocycles. The van der Waals surface area contributed by atoms with Crippen molar-refractivity contribution in [3.05, 3.63) is 35.4 Å². The second-order valence-electron chi connectivity index (χ2n) is 6.94. The molecule has 1 fully saturated rings. The Morgan fingerprint density at radius 1 is 1.05 bits per heavy atom. The van der Waals surface area contributed by atoms with Crippen LogP contribution < -0.4 is 5.32 Å². The van der Waals surface area contributed by atoms with Gasteiger partial charge in [0.1, 0.15) is 0 Å². The number of rotatable bonds is 6. The molecule has 1 atom stereocenters. The maximum Gasteiger partial charge on any atom is 0.0294 e. The van der Waals surface area contributed by atoms with E-state index in [1.807, 2.05) is 11.8 Å². The van der Waals surface area contributed by atoms with Crippen molar-refractivity contribution >= 4 is 11.8 Å². The summed E-state index contributed by atoms with van der Waals surface area (Å²) < 4.78 is 0. The van der Waals surface area contributed by atoms with Gasteiger partial charge in [0.2, 0.25) is 0 Å². The van der Waals surface area contributed by atoms with E-state index in [4.69, 9.17) is 0 Å². The average molecular weight is 306 g/mol. The molecule has 1 aliphatic rings. The third-order valence-electron chi connectivity index (χ3n) is 4.62. The fourth-order valence-corrected chi connectivity index (χ4v) is 4.07. The fraction of sp³-hybridized carbons (Fsp3) is 0.684. The quantitative estimate of drug-likeness (QED) is 0.774. The monoisotopic (exact) mass is 305 g/mol. The summed E-state index contributed by atoms with van der Waals surface area (Å²) in [6.07, 6.45) is 8.85.